The molecule has 0 aromatic carbocycles. The zero-order valence-corrected chi connectivity index (χ0v) is 12.0. The normalized spacial score (nSPS) is 25.4. The monoisotopic (exact) mass is 242 g/mol. The summed E-state index contributed by atoms with van der Waals surface area (Å²) in [5.74, 6) is 0.755. The summed E-state index contributed by atoms with van der Waals surface area (Å²) in [6.45, 7) is 7.86. The van der Waals surface area contributed by atoms with Crippen LogP contribution in [0.25, 0.3) is 0 Å². The minimum Gasteiger partial charge on any atom is -0.393 e. The summed E-state index contributed by atoms with van der Waals surface area (Å²) in [5.41, 5.74) is 0. The van der Waals surface area contributed by atoms with Crippen LogP contribution in [-0.4, -0.2) is 60.8 Å². The van der Waals surface area contributed by atoms with Crippen LogP contribution in [0.3, 0.4) is 0 Å². The summed E-state index contributed by atoms with van der Waals surface area (Å²) in [7, 11) is 4.35. The molecule has 1 fully saturated rings. The lowest BCUT2D eigenvalue weighted by molar-refractivity contribution is 0.0591. The van der Waals surface area contributed by atoms with Crippen molar-refractivity contribution in [2.75, 3.05) is 33.7 Å². The van der Waals surface area contributed by atoms with Crippen molar-refractivity contribution in [3.8, 4) is 0 Å². The fourth-order valence-electron chi connectivity index (χ4n) is 2.55. The van der Waals surface area contributed by atoms with E-state index in [-0.39, 0.29) is 6.10 Å². The van der Waals surface area contributed by atoms with E-state index in [1.54, 1.807) is 0 Å². The molecule has 1 rings (SSSR count). The van der Waals surface area contributed by atoms with Crippen LogP contribution in [0.2, 0.25) is 0 Å². The highest BCUT2D eigenvalue weighted by atomic mass is 16.3. The Kier molecular flexibility index (Phi) is 6.45. The molecule has 2 unspecified atom stereocenters. The van der Waals surface area contributed by atoms with Crippen LogP contribution in [0, 0.1) is 5.92 Å². The molecule has 0 spiro atoms. The largest absolute Gasteiger partial charge is 0.393 e. The van der Waals surface area contributed by atoms with Crippen molar-refractivity contribution in [1.29, 1.82) is 0 Å². The molecule has 0 bridgehead atoms. The summed E-state index contributed by atoms with van der Waals surface area (Å²) in [6.07, 6.45) is 4.17. The van der Waals surface area contributed by atoms with Crippen molar-refractivity contribution >= 4 is 0 Å². The van der Waals surface area contributed by atoms with Gasteiger partial charge in [-0.25, -0.2) is 0 Å². The van der Waals surface area contributed by atoms with Crippen molar-refractivity contribution in [3.05, 3.63) is 0 Å². The quantitative estimate of drug-likeness (QED) is 0.769. The third-order valence-corrected chi connectivity index (χ3v) is 3.84. The Morgan fingerprint density at radius 1 is 1.18 bits per heavy atom. The molecule has 1 heterocycles. The highest BCUT2D eigenvalue weighted by Gasteiger charge is 2.24. The molecule has 3 heteroatoms. The van der Waals surface area contributed by atoms with Gasteiger partial charge in [-0.05, 0) is 32.9 Å². The van der Waals surface area contributed by atoms with Gasteiger partial charge in [0.1, 0.15) is 0 Å². The summed E-state index contributed by atoms with van der Waals surface area (Å²) < 4.78 is 0. The molecular weight excluding hydrogens is 212 g/mol. The lowest BCUT2D eigenvalue weighted by Gasteiger charge is -2.38. The lowest BCUT2D eigenvalue weighted by Crippen LogP contribution is -2.50. The number of hydrogen-bond donors (Lipinski definition) is 1. The van der Waals surface area contributed by atoms with Crippen LogP contribution >= 0.6 is 0 Å². The fourth-order valence-corrected chi connectivity index (χ4v) is 2.55. The molecule has 2 atom stereocenters. The van der Waals surface area contributed by atoms with Crippen LogP contribution in [0.4, 0.5) is 0 Å². The Morgan fingerprint density at radius 3 is 2.53 bits per heavy atom. The molecule has 0 aromatic heterocycles. The molecule has 0 radical (unpaired) electrons. The van der Waals surface area contributed by atoms with Gasteiger partial charge < -0.3 is 14.9 Å². The summed E-state index contributed by atoms with van der Waals surface area (Å²) >= 11 is 0. The van der Waals surface area contributed by atoms with E-state index >= 15 is 0 Å². The van der Waals surface area contributed by atoms with Crippen LogP contribution in [-0.2, 0) is 0 Å². The second-order valence-corrected chi connectivity index (χ2v) is 6.11. The predicted molar refractivity (Wildman–Crippen MR) is 73.2 cm³/mol. The Hall–Kier alpha value is -0.120. The van der Waals surface area contributed by atoms with Gasteiger partial charge in [-0.2, -0.15) is 0 Å². The molecule has 1 aliphatic rings. The van der Waals surface area contributed by atoms with Crippen molar-refractivity contribution < 1.29 is 5.11 Å². The van der Waals surface area contributed by atoms with Crippen molar-refractivity contribution in [2.45, 2.75) is 51.7 Å². The summed E-state index contributed by atoms with van der Waals surface area (Å²) in [5, 5.41) is 10.1. The first-order valence-electron chi connectivity index (χ1n) is 7.06. The van der Waals surface area contributed by atoms with E-state index in [4.69, 9.17) is 0 Å². The van der Waals surface area contributed by atoms with Crippen LogP contribution < -0.4 is 0 Å². The zero-order chi connectivity index (χ0) is 12.8. The first-order chi connectivity index (χ1) is 7.99. The maximum atomic E-state index is 10.1. The summed E-state index contributed by atoms with van der Waals surface area (Å²) in [4.78, 5) is 4.76. The fraction of sp³-hybridized carbons (Fsp3) is 1.00. The van der Waals surface area contributed by atoms with Gasteiger partial charge in [0.25, 0.3) is 0 Å². The standard InChI is InChI=1S/C14H30N2O/c1-12(2)6-5-7-14(17)10-13-11-15(3)8-9-16(13)4/h12-14,17H,5-11H2,1-4H3. The molecule has 1 N–H and O–H groups in total. The first kappa shape index (κ1) is 14.9. The van der Waals surface area contributed by atoms with Crippen LogP contribution in [0.1, 0.15) is 39.5 Å². The van der Waals surface area contributed by atoms with E-state index < -0.39 is 0 Å². The van der Waals surface area contributed by atoms with Crippen LogP contribution in [0.15, 0.2) is 0 Å². The van der Waals surface area contributed by atoms with Gasteiger partial charge in [0.15, 0.2) is 0 Å². The number of nitrogens with zero attached hydrogens (tertiary/aromatic N) is 2. The van der Waals surface area contributed by atoms with Crippen molar-refractivity contribution in [2.24, 2.45) is 5.92 Å². The second kappa shape index (κ2) is 7.34. The molecule has 0 saturated carbocycles. The van der Waals surface area contributed by atoms with Gasteiger partial charge in [-0.15, -0.1) is 0 Å². The number of piperazine rings is 1. The molecule has 17 heavy (non-hydrogen) atoms. The third-order valence-electron chi connectivity index (χ3n) is 3.84. The Bertz CT molecular complexity index is 208. The SMILES string of the molecule is CC(C)CCCC(O)CC1CN(C)CCN1C. The average Bonchev–Trinajstić information content (AvgIpc) is 2.23. The molecule has 0 amide bonds. The molecule has 0 aromatic rings. The molecule has 1 saturated heterocycles. The molecule has 3 nitrogen and oxygen atoms in total. The molecule has 0 aliphatic carbocycles. The second-order valence-electron chi connectivity index (χ2n) is 6.11. The average molecular weight is 242 g/mol. The third kappa shape index (κ3) is 5.84. The van der Waals surface area contributed by atoms with E-state index in [1.165, 1.54) is 6.42 Å². The number of rotatable bonds is 6. The lowest BCUT2D eigenvalue weighted by atomic mass is 9.99. The Morgan fingerprint density at radius 2 is 1.88 bits per heavy atom. The maximum Gasteiger partial charge on any atom is 0.0555 e. The van der Waals surface area contributed by atoms with E-state index in [2.05, 4.69) is 37.7 Å². The van der Waals surface area contributed by atoms with E-state index in [0.29, 0.717) is 6.04 Å². The van der Waals surface area contributed by atoms with Gasteiger partial charge in [-0.1, -0.05) is 26.7 Å². The smallest absolute Gasteiger partial charge is 0.0555 e. The van der Waals surface area contributed by atoms with Crippen molar-refractivity contribution in [3.63, 3.8) is 0 Å². The predicted octanol–water partition coefficient (Wildman–Crippen LogP) is 1.81. The number of likely N-dealkylation sites (N-methyl/N-ethyl adjacent to an activating group) is 2. The van der Waals surface area contributed by atoms with E-state index in [1.807, 2.05) is 0 Å². The summed E-state index contributed by atoms with van der Waals surface area (Å²) in [6, 6.07) is 0.530. The Labute approximate surface area is 107 Å². The highest BCUT2D eigenvalue weighted by Crippen LogP contribution is 2.16. The van der Waals surface area contributed by atoms with E-state index in [0.717, 1.165) is 44.8 Å². The van der Waals surface area contributed by atoms with Gasteiger partial charge in [0, 0.05) is 25.7 Å². The zero-order valence-electron chi connectivity index (χ0n) is 12.0. The molecule has 1 aliphatic heterocycles. The topological polar surface area (TPSA) is 26.7 Å². The number of aliphatic hydroxyl groups is 1. The Balaban J connectivity index is 2.22. The van der Waals surface area contributed by atoms with Gasteiger partial charge in [0.2, 0.25) is 0 Å². The van der Waals surface area contributed by atoms with Gasteiger partial charge in [0.05, 0.1) is 6.10 Å². The van der Waals surface area contributed by atoms with E-state index in [9.17, 15) is 5.11 Å². The van der Waals surface area contributed by atoms with Crippen LogP contribution in [0.5, 0.6) is 0 Å². The number of hydrogen-bond acceptors (Lipinski definition) is 3. The van der Waals surface area contributed by atoms with Gasteiger partial charge in [-0.3, -0.25) is 0 Å². The van der Waals surface area contributed by atoms with Crippen molar-refractivity contribution in [1.82, 2.24) is 9.80 Å². The highest BCUT2D eigenvalue weighted by molar-refractivity contribution is 4.80. The van der Waals surface area contributed by atoms with Gasteiger partial charge >= 0.3 is 0 Å². The molecular formula is C14H30N2O. The number of aliphatic hydroxyl groups excluding tert-OH is 1. The first-order valence-corrected chi connectivity index (χ1v) is 7.06. The maximum absolute atomic E-state index is 10.1. The molecule has 102 valence electrons. The minimum atomic E-state index is -0.118. The minimum absolute atomic E-state index is 0.118.